The fourth-order valence-corrected chi connectivity index (χ4v) is 0.898. The molecule has 0 aliphatic rings. The molecule has 2 rings (SSSR count). The van der Waals surface area contributed by atoms with Gasteiger partial charge in [-0.15, -0.1) is 0 Å². The molecule has 5 nitrogen and oxygen atoms in total. The lowest BCUT2D eigenvalue weighted by atomic mass is 10.2. The summed E-state index contributed by atoms with van der Waals surface area (Å²) in [6.07, 6.45) is 2.56. The van der Waals surface area contributed by atoms with E-state index in [1.807, 2.05) is 0 Å². The van der Waals surface area contributed by atoms with E-state index in [9.17, 15) is 9.18 Å². The zero-order valence-corrected chi connectivity index (χ0v) is 6.32. The Morgan fingerprint density at radius 2 is 2.38 bits per heavy atom. The first kappa shape index (κ1) is 7.66. The molecule has 2 aromatic heterocycles. The van der Waals surface area contributed by atoms with Crippen LogP contribution >= 0.6 is 0 Å². The Labute approximate surface area is 71.2 Å². The van der Waals surface area contributed by atoms with Gasteiger partial charge in [-0.05, 0) is 6.07 Å². The molecule has 0 amide bonds. The maximum absolute atomic E-state index is 13.0. The molecule has 0 aliphatic heterocycles. The van der Waals surface area contributed by atoms with Crippen molar-refractivity contribution < 1.29 is 8.91 Å². The van der Waals surface area contributed by atoms with E-state index in [4.69, 9.17) is 0 Å². The SMILES string of the molecule is O=c1[nH]c(-c2cnccc2F)no1. The van der Waals surface area contributed by atoms with Gasteiger partial charge in [0.15, 0.2) is 5.82 Å². The van der Waals surface area contributed by atoms with Crippen LogP contribution in [0.5, 0.6) is 0 Å². The number of H-pyrrole nitrogens is 1. The van der Waals surface area contributed by atoms with Crippen LogP contribution in [0.2, 0.25) is 0 Å². The summed E-state index contributed by atoms with van der Waals surface area (Å²) in [5.74, 6) is -1.20. The monoisotopic (exact) mass is 181 g/mol. The van der Waals surface area contributed by atoms with E-state index in [-0.39, 0.29) is 11.4 Å². The van der Waals surface area contributed by atoms with Crippen LogP contribution in [0.15, 0.2) is 27.8 Å². The van der Waals surface area contributed by atoms with Gasteiger partial charge in [0.1, 0.15) is 5.82 Å². The Morgan fingerprint density at radius 1 is 1.54 bits per heavy atom. The molecular formula is C7H4FN3O2. The average Bonchev–Trinajstić information content (AvgIpc) is 2.53. The number of nitrogens with zero attached hydrogens (tertiary/aromatic N) is 2. The topological polar surface area (TPSA) is 71.8 Å². The first-order valence-electron chi connectivity index (χ1n) is 3.43. The van der Waals surface area contributed by atoms with Crippen molar-refractivity contribution >= 4 is 0 Å². The Hall–Kier alpha value is -1.98. The van der Waals surface area contributed by atoms with Crippen LogP contribution < -0.4 is 5.76 Å². The van der Waals surface area contributed by atoms with Crippen LogP contribution in [-0.4, -0.2) is 15.1 Å². The molecule has 0 bridgehead atoms. The lowest BCUT2D eigenvalue weighted by Gasteiger charge is -1.93. The average molecular weight is 181 g/mol. The number of halogens is 1. The van der Waals surface area contributed by atoms with E-state index in [0.717, 1.165) is 0 Å². The molecule has 66 valence electrons. The maximum atomic E-state index is 13.0. The van der Waals surface area contributed by atoms with Gasteiger partial charge in [0, 0.05) is 12.4 Å². The Bertz CT molecular complexity index is 476. The molecule has 0 spiro atoms. The molecular weight excluding hydrogens is 177 g/mol. The highest BCUT2D eigenvalue weighted by atomic mass is 19.1. The lowest BCUT2D eigenvalue weighted by molar-refractivity contribution is 0.387. The van der Waals surface area contributed by atoms with Crippen molar-refractivity contribution in [2.75, 3.05) is 0 Å². The fraction of sp³-hybridized carbons (Fsp3) is 0. The number of rotatable bonds is 1. The molecule has 0 aromatic carbocycles. The summed E-state index contributed by atoms with van der Waals surface area (Å²) in [6, 6.07) is 1.17. The normalized spacial score (nSPS) is 10.2. The molecule has 0 radical (unpaired) electrons. The molecule has 0 fully saturated rings. The van der Waals surface area contributed by atoms with E-state index in [1.165, 1.54) is 18.5 Å². The third kappa shape index (κ3) is 1.33. The van der Waals surface area contributed by atoms with Crippen molar-refractivity contribution in [3.8, 4) is 11.4 Å². The Morgan fingerprint density at radius 3 is 3.00 bits per heavy atom. The predicted octanol–water partition coefficient (Wildman–Crippen LogP) is 0.564. The minimum Gasteiger partial charge on any atom is -0.296 e. The highest BCUT2D eigenvalue weighted by Crippen LogP contribution is 2.14. The van der Waals surface area contributed by atoms with Crippen molar-refractivity contribution in [1.82, 2.24) is 15.1 Å². The number of nitrogens with one attached hydrogen (secondary N) is 1. The number of aromatic nitrogens is 3. The summed E-state index contributed by atoms with van der Waals surface area (Å²) < 4.78 is 17.3. The molecule has 2 aromatic rings. The van der Waals surface area contributed by atoms with E-state index in [2.05, 4.69) is 19.6 Å². The van der Waals surface area contributed by atoms with Gasteiger partial charge in [-0.3, -0.25) is 14.5 Å². The van der Waals surface area contributed by atoms with Gasteiger partial charge in [-0.25, -0.2) is 9.18 Å². The standard InChI is InChI=1S/C7H4FN3O2/c8-5-1-2-9-3-4(5)6-10-7(12)13-11-6/h1-3H,(H,10,11,12). The largest absolute Gasteiger partial charge is 0.439 e. The zero-order chi connectivity index (χ0) is 9.26. The Kier molecular flexibility index (Phi) is 1.66. The minimum absolute atomic E-state index is 0.0376. The predicted molar refractivity (Wildman–Crippen MR) is 40.3 cm³/mol. The first-order valence-corrected chi connectivity index (χ1v) is 3.43. The van der Waals surface area contributed by atoms with Crippen molar-refractivity contribution in [2.45, 2.75) is 0 Å². The first-order chi connectivity index (χ1) is 6.27. The van der Waals surface area contributed by atoms with E-state index < -0.39 is 11.6 Å². The van der Waals surface area contributed by atoms with Gasteiger partial charge in [0.05, 0.1) is 5.56 Å². The minimum atomic E-state index is -0.724. The van der Waals surface area contributed by atoms with Crippen molar-refractivity contribution in [2.24, 2.45) is 0 Å². The van der Waals surface area contributed by atoms with Gasteiger partial charge in [0.2, 0.25) is 0 Å². The molecule has 0 saturated carbocycles. The summed E-state index contributed by atoms with van der Waals surface area (Å²) in [7, 11) is 0. The molecule has 0 atom stereocenters. The molecule has 2 heterocycles. The highest BCUT2D eigenvalue weighted by Gasteiger charge is 2.08. The van der Waals surface area contributed by atoms with Crippen LogP contribution in [0.1, 0.15) is 0 Å². The van der Waals surface area contributed by atoms with Crippen LogP contribution in [0.3, 0.4) is 0 Å². The molecule has 0 saturated heterocycles. The number of hydrogen-bond donors (Lipinski definition) is 1. The number of aromatic amines is 1. The lowest BCUT2D eigenvalue weighted by Crippen LogP contribution is -1.95. The molecule has 13 heavy (non-hydrogen) atoms. The van der Waals surface area contributed by atoms with Crippen LogP contribution in [-0.2, 0) is 0 Å². The third-order valence-corrected chi connectivity index (χ3v) is 1.46. The van der Waals surface area contributed by atoms with Crippen LogP contribution in [0.25, 0.3) is 11.4 Å². The quantitative estimate of drug-likeness (QED) is 0.697. The van der Waals surface area contributed by atoms with Gasteiger partial charge < -0.3 is 0 Å². The Balaban J connectivity index is 2.58. The second kappa shape index (κ2) is 2.81. The zero-order valence-electron chi connectivity index (χ0n) is 6.32. The molecule has 6 heteroatoms. The van der Waals surface area contributed by atoms with E-state index in [1.54, 1.807) is 0 Å². The third-order valence-electron chi connectivity index (χ3n) is 1.46. The molecule has 1 N–H and O–H groups in total. The summed E-state index contributed by atoms with van der Waals surface area (Å²) >= 11 is 0. The molecule has 0 unspecified atom stereocenters. The fourth-order valence-electron chi connectivity index (χ4n) is 0.898. The smallest absolute Gasteiger partial charge is 0.296 e. The number of pyridine rings is 1. The van der Waals surface area contributed by atoms with E-state index >= 15 is 0 Å². The summed E-state index contributed by atoms with van der Waals surface area (Å²) in [6.45, 7) is 0. The van der Waals surface area contributed by atoms with Crippen molar-refractivity contribution in [3.63, 3.8) is 0 Å². The highest BCUT2D eigenvalue weighted by molar-refractivity contribution is 5.52. The number of hydrogen-bond acceptors (Lipinski definition) is 4. The van der Waals surface area contributed by atoms with Crippen molar-refractivity contribution in [3.05, 3.63) is 34.8 Å². The van der Waals surface area contributed by atoms with Crippen LogP contribution in [0, 0.1) is 5.82 Å². The maximum Gasteiger partial charge on any atom is 0.439 e. The second-order valence-corrected chi connectivity index (χ2v) is 2.30. The van der Waals surface area contributed by atoms with E-state index in [0.29, 0.717) is 0 Å². The van der Waals surface area contributed by atoms with Gasteiger partial charge in [0.25, 0.3) is 0 Å². The summed E-state index contributed by atoms with van der Waals surface area (Å²) in [5, 5.41) is 3.32. The van der Waals surface area contributed by atoms with Gasteiger partial charge in [-0.1, -0.05) is 5.16 Å². The van der Waals surface area contributed by atoms with Crippen molar-refractivity contribution in [1.29, 1.82) is 0 Å². The second-order valence-electron chi connectivity index (χ2n) is 2.30. The van der Waals surface area contributed by atoms with Gasteiger partial charge >= 0.3 is 5.76 Å². The summed E-state index contributed by atoms with van der Waals surface area (Å²) in [4.78, 5) is 16.5. The molecule has 0 aliphatic carbocycles. The van der Waals surface area contributed by atoms with Crippen LogP contribution in [0.4, 0.5) is 4.39 Å². The van der Waals surface area contributed by atoms with Gasteiger partial charge in [-0.2, -0.15) is 0 Å². The summed E-state index contributed by atoms with van der Waals surface area (Å²) in [5.41, 5.74) is 0.105.